The summed E-state index contributed by atoms with van der Waals surface area (Å²) in [5.74, 6) is 0.615. The Labute approximate surface area is 165 Å². The van der Waals surface area contributed by atoms with E-state index in [0.29, 0.717) is 5.69 Å². The summed E-state index contributed by atoms with van der Waals surface area (Å²) < 4.78 is 0. The van der Waals surface area contributed by atoms with Crippen molar-refractivity contribution in [1.29, 1.82) is 0 Å². The summed E-state index contributed by atoms with van der Waals surface area (Å²) in [4.78, 5) is 27.3. The van der Waals surface area contributed by atoms with Crippen molar-refractivity contribution in [3.8, 4) is 11.4 Å². The highest BCUT2D eigenvalue weighted by Crippen LogP contribution is 2.18. The standard InChI is InChI=1S/C22H25N5O/c1-16-20(26-21(24-16)17-8-3-2-4-9-17)22(28)25-19-11-7-13-27(15-19)14-18-10-5-6-12-23-18/h2-6,8-10,12,19H,7,11,13-15H2,1H3,(H,24,26)(H,25,28)/t19-/m1/s1. The van der Waals surface area contributed by atoms with Crippen LogP contribution in [0.3, 0.4) is 0 Å². The number of carbonyl (C=O) groups excluding carboxylic acids is 1. The Morgan fingerprint density at radius 3 is 2.82 bits per heavy atom. The zero-order valence-corrected chi connectivity index (χ0v) is 16.1. The van der Waals surface area contributed by atoms with E-state index < -0.39 is 0 Å². The molecule has 2 aromatic heterocycles. The molecule has 1 aliphatic rings. The Balaban J connectivity index is 1.40. The third kappa shape index (κ3) is 4.28. The van der Waals surface area contributed by atoms with E-state index >= 15 is 0 Å². The van der Waals surface area contributed by atoms with Crippen LogP contribution >= 0.6 is 0 Å². The third-order valence-electron chi connectivity index (χ3n) is 5.10. The van der Waals surface area contributed by atoms with Gasteiger partial charge in [0.25, 0.3) is 5.91 Å². The smallest absolute Gasteiger partial charge is 0.272 e. The van der Waals surface area contributed by atoms with Gasteiger partial charge in [-0.05, 0) is 38.4 Å². The van der Waals surface area contributed by atoms with E-state index in [1.165, 1.54) is 0 Å². The van der Waals surface area contributed by atoms with Crippen LogP contribution in [0.4, 0.5) is 0 Å². The molecular formula is C22H25N5O. The number of aryl methyl sites for hydroxylation is 1. The van der Waals surface area contributed by atoms with E-state index in [-0.39, 0.29) is 11.9 Å². The minimum atomic E-state index is -0.111. The summed E-state index contributed by atoms with van der Waals surface area (Å²) >= 11 is 0. The van der Waals surface area contributed by atoms with E-state index in [0.717, 1.165) is 55.3 Å². The van der Waals surface area contributed by atoms with E-state index in [9.17, 15) is 4.79 Å². The molecule has 1 atom stereocenters. The van der Waals surface area contributed by atoms with Crippen LogP contribution in [0, 0.1) is 6.92 Å². The number of nitrogens with one attached hydrogen (secondary N) is 2. The third-order valence-corrected chi connectivity index (χ3v) is 5.10. The minimum absolute atomic E-state index is 0.111. The fourth-order valence-electron chi connectivity index (χ4n) is 3.71. The number of nitrogens with zero attached hydrogens (tertiary/aromatic N) is 3. The molecular weight excluding hydrogens is 350 g/mol. The highest BCUT2D eigenvalue weighted by molar-refractivity contribution is 5.94. The molecule has 0 saturated carbocycles. The zero-order chi connectivity index (χ0) is 19.3. The van der Waals surface area contributed by atoms with Gasteiger partial charge in [-0.3, -0.25) is 14.7 Å². The molecule has 6 heteroatoms. The number of hydrogen-bond donors (Lipinski definition) is 2. The first-order chi connectivity index (χ1) is 13.7. The first kappa shape index (κ1) is 18.4. The molecule has 1 fully saturated rings. The zero-order valence-electron chi connectivity index (χ0n) is 16.1. The van der Waals surface area contributed by atoms with Crippen molar-refractivity contribution >= 4 is 5.91 Å². The van der Waals surface area contributed by atoms with Crippen molar-refractivity contribution in [1.82, 2.24) is 25.2 Å². The molecule has 144 valence electrons. The number of rotatable bonds is 5. The monoisotopic (exact) mass is 375 g/mol. The summed E-state index contributed by atoms with van der Waals surface area (Å²) in [5, 5.41) is 3.17. The Hall–Kier alpha value is -2.99. The number of pyridine rings is 1. The molecule has 1 saturated heterocycles. The summed E-state index contributed by atoms with van der Waals surface area (Å²) in [6.45, 7) is 4.56. The van der Waals surface area contributed by atoms with Crippen LogP contribution in [0.25, 0.3) is 11.4 Å². The number of likely N-dealkylation sites (tertiary alicyclic amines) is 1. The van der Waals surface area contributed by atoms with E-state index in [2.05, 4.69) is 25.2 Å². The van der Waals surface area contributed by atoms with Crippen LogP contribution in [-0.2, 0) is 6.54 Å². The molecule has 2 N–H and O–H groups in total. The lowest BCUT2D eigenvalue weighted by atomic mass is 10.1. The summed E-state index contributed by atoms with van der Waals surface area (Å²) in [6, 6.07) is 16.0. The van der Waals surface area contributed by atoms with Gasteiger partial charge in [-0.15, -0.1) is 0 Å². The molecule has 4 rings (SSSR count). The molecule has 0 radical (unpaired) electrons. The molecule has 0 aliphatic carbocycles. The van der Waals surface area contributed by atoms with Gasteiger partial charge in [0.1, 0.15) is 11.5 Å². The van der Waals surface area contributed by atoms with Crippen molar-refractivity contribution < 1.29 is 4.79 Å². The van der Waals surface area contributed by atoms with Gasteiger partial charge in [0, 0.05) is 36.6 Å². The second-order valence-corrected chi connectivity index (χ2v) is 7.29. The fraction of sp³-hybridized carbons (Fsp3) is 0.318. The first-order valence-corrected chi connectivity index (χ1v) is 9.74. The van der Waals surface area contributed by atoms with Gasteiger partial charge in [-0.2, -0.15) is 0 Å². The maximum Gasteiger partial charge on any atom is 0.272 e. The molecule has 3 aromatic rings. The van der Waals surface area contributed by atoms with Gasteiger partial charge in [-0.1, -0.05) is 36.4 Å². The van der Waals surface area contributed by atoms with Gasteiger partial charge in [-0.25, -0.2) is 4.98 Å². The second-order valence-electron chi connectivity index (χ2n) is 7.29. The van der Waals surface area contributed by atoms with Gasteiger partial charge < -0.3 is 10.3 Å². The second kappa shape index (κ2) is 8.35. The van der Waals surface area contributed by atoms with Crippen LogP contribution in [-0.4, -0.2) is 44.9 Å². The SMILES string of the molecule is Cc1[nH]c(-c2ccccc2)nc1C(=O)N[C@@H]1CCCN(Cc2ccccn2)C1. The number of aromatic nitrogens is 3. The Morgan fingerprint density at radius 2 is 2.04 bits per heavy atom. The molecule has 6 nitrogen and oxygen atoms in total. The van der Waals surface area contributed by atoms with Crippen molar-refractivity contribution in [3.63, 3.8) is 0 Å². The molecule has 28 heavy (non-hydrogen) atoms. The maximum atomic E-state index is 12.8. The minimum Gasteiger partial charge on any atom is -0.347 e. The van der Waals surface area contributed by atoms with Crippen LogP contribution < -0.4 is 5.32 Å². The van der Waals surface area contributed by atoms with E-state index in [1.807, 2.05) is 61.7 Å². The molecule has 3 heterocycles. The molecule has 0 bridgehead atoms. The summed E-state index contributed by atoms with van der Waals surface area (Å²) in [7, 11) is 0. The van der Waals surface area contributed by atoms with Gasteiger partial charge in [0.05, 0.1) is 5.69 Å². The van der Waals surface area contributed by atoms with Crippen LogP contribution in [0.5, 0.6) is 0 Å². The van der Waals surface area contributed by atoms with Gasteiger partial charge in [0.15, 0.2) is 0 Å². The van der Waals surface area contributed by atoms with Crippen molar-refractivity contribution in [2.45, 2.75) is 32.4 Å². The normalized spacial score (nSPS) is 17.4. The Bertz CT molecular complexity index is 923. The van der Waals surface area contributed by atoms with Crippen LogP contribution in [0.15, 0.2) is 54.7 Å². The number of piperidine rings is 1. The van der Waals surface area contributed by atoms with E-state index in [4.69, 9.17) is 0 Å². The predicted octanol–water partition coefficient (Wildman–Crippen LogP) is 3.17. The quantitative estimate of drug-likeness (QED) is 0.718. The topological polar surface area (TPSA) is 73.9 Å². The van der Waals surface area contributed by atoms with Crippen molar-refractivity contribution in [2.75, 3.05) is 13.1 Å². The van der Waals surface area contributed by atoms with Crippen molar-refractivity contribution in [3.05, 3.63) is 71.8 Å². The first-order valence-electron chi connectivity index (χ1n) is 9.74. The highest BCUT2D eigenvalue weighted by atomic mass is 16.2. The lowest BCUT2D eigenvalue weighted by Crippen LogP contribution is -2.47. The number of H-pyrrole nitrogens is 1. The summed E-state index contributed by atoms with van der Waals surface area (Å²) in [6.07, 6.45) is 3.87. The number of amides is 1. The molecule has 1 aromatic carbocycles. The number of benzene rings is 1. The molecule has 0 unspecified atom stereocenters. The van der Waals surface area contributed by atoms with E-state index in [1.54, 1.807) is 0 Å². The van der Waals surface area contributed by atoms with Crippen LogP contribution in [0.2, 0.25) is 0 Å². The average Bonchev–Trinajstić information content (AvgIpc) is 3.12. The van der Waals surface area contributed by atoms with Crippen molar-refractivity contribution in [2.24, 2.45) is 0 Å². The Morgan fingerprint density at radius 1 is 1.21 bits per heavy atom. The number of carbonyl (C=O) groups is 1. The molecule has 1 aliphatic heterocycles. The lowest BCUT2D eigenvalue weighted by molar-refractivity contribution is 0.0895. The molecule has 1 amide bonds. The summed E-state index contributed by atoms with van der Waals surface area (Å²) in [5.41, 5.74) is 3.30. The van der Waals surface area contributed by atoms with Gasteiger partial charge >= 0.3 is 0 Å². The lowest BCUT2D eigenvalue weighted by Gasteiger charge is -2.32. The number of imidazole rings is 1. The maximum absolute atomic E-state index is 12.8. The average molecular weight is 375 g/mol. The predicted molar refractivity (Wildman–Crippen MR) is 109 cm³/mol. The van der Waals surface area contributed by atoms with Gasteiger partial charge in [0.2, 0.25) is 0 Å². The molecule has 0 spiro atoms. The number of hydrogen-bond acceptors (Lipinski definition) is 4. The van der Waals surface area contributed by atoms with Crippen LogP contribution in [0.1, 0.15) is 34.7 Å². The largest absolute Gasteiger partial charge is 0.347 e. The Kier molecular flexibility index (Phi) is 5.48. The highest BCUT2D eigenvalue weighted by Gasteiger charge is 2.24. The number of aromatic amines is 1. The fourth-order valence-corrected chi connectivity index (χ4v) is 3.71.